The molecule has 0 aliphatic rings. The van der Waals surface area contributed by atoms with Crippen LogP contribution in [0.5, 0.6) is 0 Å². The van der Waals surface area contributed by atoms with Crippen LogP contribution in [0, 0.1) is 6.92 Å². The zero-order valence-electron chi connectivity index (χ0n) is 8.57. The van der Waals surface area contributed by atoms with Gasteiger partial charge in [0.1, 0.15) is 7.05 Å². The summed E-state index contributed by atoms with van der Waals surface area (Å²) in [4.78, 5) is 0. The topological polar surface area (TPSA) is 22.3 Å². The lowest BCUT2D eigenvalue weighted by Gasteiger charge is -2.12. The average Bonchev–Trinajstić information content (AvgIpc) is 2.13. The molecule has 3 heteroatoms. The van der Waals surface area contributed by atoms with Crippen molar-refractivity contribution in [1.82, 2.24) is 0 Å². The molecule has 1 aromatic rings. The highest BCUT2D eigenvalue weighted by Gasteiger charge is 2.11. The van der Waals surface area contributed by atoms with Gasteiger partial charge in [-0.2, -0.15) is 0 Å². The number of methoxy groups -OCH3 is 2. The summed E-state index contributed by atoms with van der Waals surface area (Å²) in [6.07, 6.45) is 1.73. The fraction of sp³-hybridized carbons (Fsp3) is 0.500. The molecule has 0 aliphatic carbocycles. The Labute approximate surface area is 78.9 Å². The van der Waals surface area contributed by atoms with Gasteiger partial charge in [-0.25, -0.2) is 4.57 Å². The van der Waals surface area contributed by atoms with Crippen molar-refractivity contribution < 1.29 is 14.0 Å². The van der Waals surface area contributed by atoms with E-state index in [9.17, 15) is 0 Å². The first kappa shape index (κ1) is 10.2. The molecule has 0 fully saturated rings. The molecule has 1 aromatic heterocycles. The first-order chi connectivity index (χ1) is 6.19. The zero-order chi connectivity index (χ0) is 9.84. The van der Waals surface area contributed by atoms with Crippen molar-refractivity contribution in [3.63, 3.8) is 0 Å². The van der Waals surface area contributed by atoms with Gasteiger partial charge in [-0.3, -0.25) is 0 Å². The van der Waals surface area contributed by atoms with Gasteiger partial charge in [0.25, 0.3) is 0 Å². The lowest BCUT2D eigenvalue weighted by Crippen LogP contribution is -2.31. The van der Waals surface area contributed by atoms with E-state index < -0.39 is 0 Å². The van der Waals surface area contributed by atoms with Crippen molar-refractivity contribution >= 4 is 0 Å². The monoisotopic (exact) mass is 182 g/mol. The third-order valence-electron chi connectivity index (χ3n) is 2.12. The highest BCUT2D eigenvalue weighted by Crippen LogP contribution is 2.15. The van der Waals surface area contributed by atoms with Crippen LogP contribution in [0.2, 0.25) is 0 Å². The van der Waals surface area contributed by atoms with E-state index in [1.807, 2.05) is 30.8 Å². The van der Waals surface area contributed by atoms with E-state index in [0.717, 1.165) is 5.56 Å². The van der Waals surface area contributed by atoms with Crippen LogP contribution >= 0.6 is 0 Å². The molecule has 0 aliphatic heterocycles. The fourth-order valence-electron chi connectivity index (χ4n) is 1.22. The molecule has 0 saturated heterocycles. The van der Waals surface area contributed by atoms with Gasteiger partial charge in [0.2, 0.25) is 0 Å². The summed E-state index contributed by atoms with van der Waals surface area (Å²) >= 11 is 0. The first-order valence-corrected chi connectivity index (χ1v) is 4.20. The fourth-order valence-corrected chi connectivity index (χ4v) is 1.22. The molecule has 13 heavy (non-hydrogen) atoms. The second kappa shape index (κ2) is 4.35. The van der Waals surface area contributed by atoms with Crippen molar-refractivity contribution in [2.45, 2.75) is 13.2 Å². The van der Waals surface area contributed by atoms with Gasteiger partial charge in [-0.1, -0.05) is 0 Å². The maximum absolute atomic E-state index is 5.15. The molecule has 0 aromatic carbocycles. The molecular weight excluding hydrogens is 166 g/mol. The number of nitrogens with zero attached hydrogens (tertiary/aromatic N) is 1. The summed E-state index contributed by atoms with van der Waals surface area (Å²) in [7, 11) is 5.28. The highest BCUT2D eigenvalue weighted by atomic mass is 16.7. The van der Waals surface area contributed by atoms with E-state index >= 15 is 0 Å². The van der Waals surface area contributed by atoms with E-state index in [1.54, 1.807) is 14.2 Å². The minimum atomic E-state index is -0.264. The van der Waals surface area contributed by atoms with Crippen LogP contribution in [0.4, 0.5) is 0 Å². The maximum Gasteiger partial charge on any atom is 0.183 e. The molecule has 0 saturated carbocycles. The minimum Gasteiger partial charge on any atom is -0.352 e. The van der Waals surface area contributed by atoms with Crippen LogP contribution in [0.1, 0.15) is 17.5 Å². The summed E-state index contributed by atoms with van der Waals surface area (Å²) in [5.74, 6) is 0. The Kier molecular flexibility index (Phi) is 3.39. The first-order valence-electron chi connectivity index (χ1n) is 4.20. The van der Waals surface area contributed by atoms with Gasteiger partial charge in [0.05, 0.1) is 0 Å². The van der Waals surface area contributed by atoms with Crippen LogP contribution in [0.15, 0.2) is 18.3 Å². The van der Waals surface area contributed by atoms with Gasteiger partial charge < -0.3 is 9.47 Å². The van der Waals surface area contributed by atoms with Crippen LogP contribution < -0.4 is 4.57 Å². The largest absolute Gasteiger partial charge is 0.352 e. The molecule has 0 radical (unpaired) electrons. The zero-order valence-corrected chi connectivity index (χ0v) is 8.57. The van der Waals surface area contributed by atoms with Gasteiger partial charge in [0.15, 0.2) is 18.2 Å². The summed E-state index contributed by atoms with van der Waals surface area (Å²) in [5, 5.41) is 0. The Hall–Kier alpha value is -0.930. The average molecular weight is 182 g/mol. The number of rotatable bonds is 3. The summed E-state index contributed by atoms with van der Waals surface area (Å²) < 4.78 is 12.3. The van der Waals surface area contributed by atoms with Crippen LogP contribution in [0.25, 0.3) is 0 Å². The van der Waals surface area contributed by atoms with Crippen molar-refractivity contribution in [2.24, 2.45) is 7.05 Å². The molecule has 0 bridgehead atoms. The molecule has 0 atom stereocenters. The highest BCUT2D eigenvalue weighted by molar-refractivity contribution is 5.13. The number of pyridine rings is 1. The molecule has 1 rings (SSSR count). The number of ether oxygens (including phenoxy) is 2. The molecule has 0 unspecified atom stereocenters. The lowest BCUT2D eigenvalue weighted by molar-refractivity contribution is -0.677. The van der Waals surface area contributed by atoms with Gasteiger partial charge in [-0.05, 0) is 0 Å². The van der Waals surface area contributed by atoms with E-state index in [-0.39, 0.29) is 6.29 Å². The Balaban J connectivity index is 2.95. The van der Waals surface area contributed by atoms with Gasteiger partial charge >= 0.3 is 0 Å². The van der Waals surface area contributed by atoms with Crippen molar-refractivity contribution in [3.05, 3.63) is 29.6 Å². The third kappa shape index (κ3) is 2.26. The Morgan fingerprint density at radius 2 is 1.92 bits per heavy atom. The van der Waals surface area contributed by atoms with Crippen LogP contribution in [-0.4, -0.2) is 14.2 Å². The molecule has 3 nitrogen and oxygen atoms in total. The second-order valence-corrected chi connectivity index (χ2v) is 3.02. The Morgan fingerprint density at radius 3 is 2.38 bits per heavy atom. The van der Waals surface area contributed by atoms with E-state index in [1.165, 1.54) is 5.69 Å². The molecular formula is C10H16NO2+. The minimum absolute atomic E-state index is 0.264. The smallest absolute Gasteiger partial charge is 0.183 e. The normalized spacial score (nSPS) is 10.8. The molecule has 0 amide bonds. The van der Waals surface area contributed by atoms with E-state index in [2.05, 4.69) is 6.07 Å². The van der Waals surface area contributed by atoms with E-state index in [0.29, 0.717) is 0 Å². The van der Waals surface area contributed by atoms with Crippen molar-refractivity contribution in [3.8, 4) is 0 Å². The number of hydrogen-bond acceptors (Lipinski definition) is 2. The summed E-state index contributed by atoms with van der Waals surface area (Å²) in [5.41, 5.74) is 2.22. The molecule has 0 N–H and O–H groups in total. The van der Waals surface area contributed by atoms with E-state index in [4.69, 9.17) is 9.47 Å². The summed E-state index contributed by atoms with van der Waals surface area (Å²) in [6, 6.07) is 4.04. The third-order valence-corrected chi connectivity index (χ3v) is 2.12. The standard InChI is InChI=1S/C10H16NO2/c1-8-7-9(5-6-11(8)2)10(12-3)13-4/h5-7,10H,1-4H3/q+1. The van der Waals surface area contributed by atoms with Crippen molar-refractivity contribution in [2.75, 3.05) is 14.2 Å². The van der Waals surface area contributed by atoms with Gasteiger partial charge in [-0.15, -0.1) is 0 Å². The number of aromatic nitrogens is 1. The second-order valence-electron chi connectivity index (χ2n) is 3.02. The van der Waals surface area contributed by atoms with Gasteiger partial charge in [0, 0.05) is 38.8 Å². The lowest BCUT2D eigenvalue weighted by atomic mass is 10.2. The Morgan fingerprint density at radius 1 is 1.31 bits per heavy atom. The number of aryl methyl sites for hydroxylation is 2. The van der Waals surface area contributed by atoms with Crippen molar-refractivity contribution in [1.29, 1.82) is 0 Å². The predicted octanol–water partition coefficient (Wildman–Crippen LogP) is 1.11. The SMILES string of the molecule is COC(OC)c1cc[n+](C)c(C)c1. The Bertz CT molecular complexity index is 282. The van der Waals surface area contributed by atoms with Crippen LogP contribution in [0.3, 0.4) is 0 Å². The maximum atomic E-state index is 5.15. The molecule has 72 valence electrons. The molecule has 0 spiro atoms. The predicted molar refractivity (Wildman–Crippen MR) is 49.1 cm³/mol. The quantitative estimate of drug-likeness (QED) is 0.516. The number of hydrogen-bond donors (Lipinski definition) is 0. The summed E-state index contributed by atoms with van der Waals surface area (Å²) in [6.45, 7) is 2.05. The molecule has 1 heterocycles. The van der Waals surface area contributed by atoms with Crippen LogP contribution in [-0.2, 0) is 16.5 Å².